The molecule has 0 atom stereocenters. The highest BCUT2D eigenvalue weighted by Crippen LogP contribution is 2.02. The van der Waals surface area contributed by atoms with E-state index in [2.05, 4.69) is 51.8 Å². The van der Waals surface area contributed by atoms with Gasteiger partial charge in [0.2, 0.25) is 0 Å². The van der Waals surface area contributed by atoms with Crippen LogP contribution in [0.15, 0.2) is 0 Å². The molecule has 2 nitrogen and oxygen atoms in total. The first-order valence-corrected chi connectivity index (χ1v) is 6.32. The molecular weight excluding hydrogens is 184 g/mol. The third-order valence-electron chi connectivity index (χ3n) is 2.55. The van der Waals surface area contributed by atoms with Crippen LogP contribution in [0.2, 0.25) is 0 Å². The van der Waals surface area contributed by atoms with Crippen LogP contribution in [-0.2, 0) is 0 Å². The van der Waals surface area contributed by atoms with Gasteiger partial charge in [-0.2, -0.15) is 0 Å². The van der Waals surface area contributed by atoms with Crippen molar-refractivity contribution in [2.24, 2.45) is 5.92 Å². The molecular formula is C13H30N2. The fraction of sp³-hybridized carbons (Fsp3) is 1.00. The van der Waals surface area contributed by atoms with Gasteiger partial charge in [0, 0.05) is 18.6 Å². The number of hydrogen-bond donors (Lipinski definition) is 1. The highest BCUT2D eigenvalue weighted by atomic mass is 15.1. The Bertz CT molecular complexity index is 147. The summed E-state index contributed by atoms with van der Waals surface area (Å²) >= 11 is 0. The SMILES string of the molecule is CCN(CCNC(C)(C)C)CCC(C)C. The second-order valence-electron chi connectivity index (χ2n) is 5.79. The molecule has 0 unspecified atom stereocenters. The van der Waals surface area contributed by atoms with E-state index in [1.54, 1.807) is 0 Å². The summed E-state index contributed by atoms with van der Waals surface area (Å²) in [6.45, 7) is 18.2. The molecule has 0 amide bonds. The number of hydrogen-bond acceptors (Lipinski definition) is 2. The molecule has 0 fully saturated rings. The average Bonchev–Trinajstić information content (AvgIpc) is 2.08. The van der Waals surface area contributed by atoms with E-state index in [1.807, 2.05) is 0 Å². The van der Waals surface area contributed by atoms with Crippen molar-refractivity contribution in [1.29, 1.82) is 0 Å². The Morgan fingerprint density at radius 1 is 1.13 bits per heavy atom. The Hall–Kier alpha value is -0.0800. The molecule has 15 heavy (non-hydrogen) atoms. The minimum Gasteiger partial charge on any atom is -0.311 e. The van der Waals surface area contributed by atoms with Crippen molar-refractivity contribution < 1.29 is 0 Å². The van der Waals surface area contributed by atoms with Crippen LogP contribution in [0.4, 0.5) is 0 Å². The number of likely N-dealkylation sites (N-methyl/N-ethyl adjacent to an activating group) is 1. The second-order valence-corrected chi connectivity index (χ2v) is 5.79. The normalized spacial score (nSPS) is 12.8. The largest absolute Gasteiger partial charge is 0.311 e. The van der Waals surface area contributed by atoms with Gasteiger partial charge in [-0.05, 0) is 46.2 Å². The van der Waals surface area contributed by atoms with Crippen molar-refractivity contribution in [3.8, 4) is 0 Å². The molecule has 0 spiro atoms. The molecule has 0 aliphatic rings. The summed E-state index contributed by atoms with van der Waals surface area (Å²) in [4.78, 5) is 2.53. The summed E-state index contributed by atoms with van der Waals surface area (Å²) in [5, 5.41) is 3.53. The van der Waals surface area contributed by atoms with Gasteiger partial charge >= 0.3 is 0 Å². The predicted molar refractivity (Wildman–Crippen MR) is 69.3 cm³/mol. The van der Waals surface area contributed by atoms with E-state index in [9.17, 15) is 0 Å². The average molecular weight is 214 g/mol. The summed E-state index contributed by atoms with van der Waals surface area (Å²) in [6.07, 6.45) is 1.31. The Morgan fingerprint density at radius 2 is 1.73 bits per heavy atom. The van der Waals surface area contributed by atoms with Gasteiger partial charge in [0.1, 0.15) is 0 Å². The Morgan fingerprint density at radius 3 is 2.13 bits per heavy atom. The third kappa shape index (κ3) is 10.2. The number of rotatable bonds is 7. The maximum absolute atomic E-state index is 3.53. The van der Waals surface area contributed by atoms with Crippen molar-refractivity contribution in [3.63, 3.8) is 0 Å². The van der Waals surface area contributed by atoms with Gasteiger partial charge in [0.15, 0.2) is 0 Å². The molecule has 0 aliphatic carbocycles. The molecule has 92 valence electrons. The third-order valence-corrected chi connectivity index (χ3v) is 2.55. The van der Waals surface area contributed by atoms with E-state index in [4.69, 9.17) is 0 Å². The van der Waals surface area contributed by atoms with Crippen LogP contribution in [-0.4, -0.2) is 36.6 Å². The minimum atomic E-state index is 0.247. The quantitative estimate of drug-likeness (QED) is 0.701. The van der Waals surface area contributed by atoms with Gasteiger partial charge in [-0.1, -0.05) is 20.8 Å². The van der Waals surface area contributed by atoms with E-state index in [-0.39, 0.29) is 5.54 Å². The lowest BCUT2D eigenvalue weighted by molar-refractivity contribution is 0.258. The zero-order valence-electron chi connectivity index (χ0n) is 11.6. The van der Waals surface area contributed by atoms with E-state index < -0.39 is 0 Å². The number of nitrogens with zero attached hydrogens (tertiary/aromatic N) is 1. The van der Waals surface area contributed by atoms with E-state index >= 15 is 0 Å². The lowest BCUT2D eigenvalue weighted by Crippen LogP contribution is -2.41. The van der Waals surface area contributed by atoms with Crippen LogP contribution < -0.4 is 5.32 Å². The molecule has 0 aromatic rings. The van der Waals surface area contributed by atoms with Gasteiger partial charge in [-0.3, -0.25) is 0 Å². The van der Waals surface area contributed by atoms with E-state index in [0.717, 1.165) is 12.5 Å². The summed E-state index contributed by atoms with van der Waals surface area (Å²) in [7, 11) is 0. The first kappa shape index (κ1) is 14.9. The van der Waals surface area contributed by atoms with Crippen molar-refractivity contribution in [3.05, 3.63) is 0 Å². The van der Waals surface area contributed by atoms with Gasteiger partial charge in [0.05, 0.1) is 0 Å². The first-order valence-electron chi connectivity index (χ1n) is 6.32. The van der Waals surface area contributed by atoms with Crippen LogP contribution in [0.25, 0.3) is 0 Å². The molecule has 0 rings (SSSR count). The van der Waals surface area contributed by atoms with Crippen LogP contribution in [0.1, 0.15) is 48.0 Å². The van der Waals surface area contributed by atoms with Gasteiger partial charge in [-0.25, -0.2) is 0 Å². The smallest absolute Gasteiger partial charge is 0.0107 e. The van der Waals surface area contributed by atoms with Crippen molar-refractivity contribution in [2.75, 3.05) is 26.2 Å². The lowest BCUT2D eigenvalue weighted by Gasteiger charge is -2.25. The summed E-state index contributed by atoms with van der Waals surface area (Å²) in [6, 6.07) is 0. The summed E-state index contributed by atoms with van der Waals surface area (Å²) in [5.74, 6) is 0.814. The molecule has 0 saturated carbocycles. The van der Waals surface area contributed by atoms with Crippen LogP contribution in [0, 0.1) is 5.92 Å². The highest BCUT2D eigenvalue weighted by molar-refractivity contribution is 4.71. The highest BCUT2D eigenvalue weighted by Gasteiger charge is 2.09. The second kappa shape index (κ2) is 7.24. The Balaban J connectivity index is 3.62. The monoisotopic (exact) mass is 214 g/mol. The minimum absolute atomic E-state index is 0.247. The first-order chi connectivity index (χ1) is 6.85. The standard InChI is InChI=1S/C13H30N2/c1-7-15(10-8-12(2)3)11-9-14-13(4,5)6/h12,14H,7-11H2,1-6H3. The molecule has 0 radical (unpaired) electrons. The van der Waals surface area contributed by atoms with Gasteiger partial charge < -0.3 is 10.2 Å². The molecule has 0 aromatic heterocycles. The molecule has 0 bridgehead atoms. The number of nitrogens with one attached hydrogen (secondary N) is 1. The predicted octanol–water partition coefficient (Wildman–Crippen LogP) is 2.74. The maximum Gasteiger partial charge on any atom is 0.0107 e. The fourth-order valence-corrected chi connectivity index (χ4v) is 1.46. The molecule has 2 heteroatoms. The summed E-state index contributed by atoms with van der Waals surface area (Å²) in [5.41, 5.74) is 0.247. The Labute approximate surface area is 96.4 Å². The molecule has 0 heterocycles. The van der Waals surface area contributed by atoms with E-state index in [0.29, 0.717) is 0 Å². The fourth-order valence-electron chi connectivity index (χ4n) is 1.46. The van der Waals surface area contributed by atoms with Crippen molar-refractivity contribution >= 4 is 0 Å². The van der Waals surface area contributed by atoms with Gasteiger partial charge in [0.25, 0.3) is 0 Å². The molecule has 0 aliphatic heterocycles. The summed E-state index contributed by atoms with van der Waals surface area (Å²) < 4.78 is 0. The lowest BCUT2D eigenvalue weighted by atomic mass is 10.1. The van der Waals surface area contributed by atoms with Crippen LogP contribution >= 0.6 is 0 Å². The Kier molecular flexibility index (Phi) is 7.20. The maximum atomic E-state index is 3.53. The topological polar surface area (TPSA) is 15.3 Å². The van der Waals surface area contributed by atoms with Gasteiger partial charge in [-0.15, -0.1) is 0 Å². The molecule has 1 N–H and O–H groups in total. The van der Waals surface area contributed by atoms with Crippen molar-refractivity contribution in [2.45, 2.75) is 53.5 Å². The zero-order valence-corrected chi connectivity index (χ0v) is 11.6. The zero-order chi connectivity index (χ0) is 11.9. The molecule has 0 saturated heterocycles. The van der Waals surface area contributed by atoms with E-state index in [1.165, 1.54) is 26.1 Å². The van der Waals surface area contributed by atoms with Crippen molar-refractivity contribution in [1.82, 2.24) is 10.2 Å². The van der Waals surface area contributed by atoms with Crippen LogP contribution in [0.5, 0.6) is 0 Å². The van der Waals surface area contributed by atoms with Crippen LogP contribution in [0.3, 0.4) is 0 Å². The molecule has 0 aromatic carbocycles.